The Bertz CT molecular complexity index is 109. The van der Waals surface area contributed by atoms with Crippen LogP contribution in [0.25, 0.3) is 0 Å². The van der Waals surface area contributed by atoms with Gasteiger partial charge in [0, 0.05) is 0 Å². The number of hydrogen-bond donors (Lipinski definition) is 0. The molecule has 0 N–H and O–H groups in total. The van der Waals surface area contributed by atoms with Crippen molar-refractivity contribution in [2.45, 2.75) is 98.8 Å². The van der Waals surface area contributed by atoms with Gasteiger partial charge in [0.05, 0.1) is 0 Å². The summed E-state index contributed by atoms with van der Waals surface area (Å²) in [5.74, 6) is 0. The van der Waals surface area contributed by atoms with E-state index in [4.69, 9.17) is 0 Å². The average Bonchev–Trinajstić information content (AvgIpc) is 2.35. The van der Waals surface area contributed by atoms with Crippen LogP contribution >= 0.6 is 0 Å². The summed E-state index contributed by atoms with van der Waals surface area (Å²) >= 11 is -0.361. The van der Waals surface area contributed by atoms with E-state index in [0.717, 1.165) is 0 Å². The molecule has 0 aliphatic rings. The SMILES string of the molecule is CCCCCCC[CH2][Hg][CH2]CCCCCCC. The minimum atomic E-state index is -0.361. The molecule has 0 aliphatic heterocycles. The van der Waals surface area contributed by atoms with Crippen molar-refractivity contribution in [2.75, 3.05) is 0 Å². The summed E-state index contributed by atoms with van der Waals surface area (Å²) in [4.78, 5) is 0. The summed E-state index contributed by atoms with van der Waals surface area (Å²) < 4.78 is 3.42. The van der Waals surface area contributed by atoms with Gasteiger partial charge in [0.15, 0.2) is 0 Å². The molecule has 0 saturated carbocycles. The Morgan fingerprint density at radius 3 is 1.24 bits per heavy atom. The summed E-state index contributed by atoms with van der Waals surface area (Å²) in [6.45, 7) is 4.61. The van der Waals surface area contributed by atoms with Gasteiger partial charge in [-0.15, -0.1) is 0 Å². The Hall–Kier alpha value is 0.935. The molecule has 100 valence electrons. The number of unbranched alkanes of at least 4 members (excludes halogenated alkanes) is 10. The summed E-state index contributed by atoms with van der Waals surface area (Å²) in [5.41, 5.74) is 0. The molecule has 0 fully saturated rings. The summed E-state index contributed by atoms with van der Waals surface area (Å²) in [6, 6.07) is 0. The van der Waals surface area contributed by atoms with E-state index >= 15 is 0 Å². The van der Waals surface area contributed by atoms with Gasteiger partial charge in [-0.05, 0) is 0 Å². The first-order valence-corrected chi connectivity index (χ1v) is 16.2. The third kappa shape index (κ3) is 16.9. The average molecular weight is 427 g/mol. The summed E-state index contributed by atoms with van der Waals surface area (Å²) in [6.07, 6.45) is 17.9. The molecule has 1 heteroatoms. The first-order chi connectivity index (χ1) is 8.41. The fourth-order valence-electron chi connectivity index (χ4n) is 2.44. The molecular weight excluding hydrogens is 393 g/mol. The molecule has 0 heterocycles. The standard InChI is InChI=1S/2C8H17.Hg/c2*1-3-5-7-8-6-4-2;/h2*1,3-8H2,2H3;. The van der Waals surface area contributed by atoms with Crippen LogP contribution in [0.1, 0.15) is 90.9 Å². The van der Waals surface area contributed by atoms with E-state index in [9.17, 15) is 0 Å². The van der Waals surface area contributed by atoms with Crippen molar-refractivity contribution in [1.29, 1.82) is 0 Å². The van der Waals surface area contributed by atoms with E-state index in [2.05, 4.69) is 13.8 Å². The zero-order valence-corrected chi connectivity index (χ0v) is 18.1. The molecule has 0 aromatic rings. The molecule has 0 radical (unpaired) electrons. The van der Waals surface area contributed by atoms with Gasteiger partial charge in [0.1, 0.15) is 0 Å². The van der Waals surface area contributed by atoms with Gasteiger partial charge >= 0.3 is 123 Å². The van der Waals surface area contributed by atoms with Crippen LogP contribution in [-0.4, -0.2) is 0 Å². The van der Waals surface area contributed by atoms with Crippen LogP contribution in [0.15, 0.2) is 0 Å². The van der Waals surface area contributed by atoms with E-state index in [1.807, 2.05) is 0 Å². The normalized spacial score (nSPS) is 10.5. The number of hydrogen-bond acceptors (Lipinski definition) is 0. The second-order valence-electron chi connectivity index (χ2n) is 5.60. The van der Waals surface area contributed by atoms with Gasteiger partial charge in [-0.2, -0.15) is 0 Å². The monoisotopic (exact) mass is 428 g/mol. The Balaban J connectivity index is 2.85. The molecule has 0 aliphatic carbocycles. The summed E-state index contributed by atoms with van der Waals surface area (Å²) in [7, 11) is 0. The van der Waals surface area contributed by atoms with Crippen LogP contribution in [-0.2, 0) is 24.6 Å². The molecule has 0 saturated heterocycles. The van der Waals surface area contributed by atoms with Gasteiger partial charge < -0.3 is 0 Å². The fourth-order valence-corrected chi connectivity index (χ4v) is 9.32. The maximum absolute atomic E-state index is 2.30. The van der Waals surface area contributed by atoms with Crippen molar-refractivity contribution in [3.05, 3.63) is 0 Å². The van der Waals surface area contributed by atoms with E-state index in [-0.39, 0.29) is 24.6 Å². The van der Waals surface area contributed by atoms with Crippen molar-refractivity contribution >= 4 is 0 Å². The van der Waals surface area contributed by atoms with E-state index in [1.165, 1.54) is 64.2 Å². The van der Waals surface area contributed by atoms with Crippen LogP contribution in [0.4, 0.5) is 0 Å². The molecule has 0 amide bonds. The van der Waals surface area contributed by atoms with Gasteiger partial charge in [0.25, 0.3) is 0 Å². The summed E-state index contributed by atoms with van der Waals surface area (Å²) in [5, 5.41) is 0. The van der Waals surface area contributed by atoms with Crippen molar-refractivity contribution < 1.29 is 24.6 Å². The maximum atomic E-state index is 2.30. The van der Waals surface area contributed by atoms with Gasteiger partial charge in [0.2, 0.25) is 0 Å². The molecular formula is C16H34Hg. The third-order valence-corrected chi connectivity index (χ3v) is 11.5. The zero-order chi connectivity index (χ0) is 12.6. The molecule has 0 aromatic carbocycles. The molecule has 0 bridgehead atoms. The van der Waals surface area contributed by atoms with Gasteiger partial charge in [-0.25, -0.2) is 0 Å². The quantitative estimate of drug-likeness (QED) is 0.216. The predicted octanol–water partition coefficient (Wildman–Crippen LogP) is 6.63. The molecule has 0 atom stereocenters. The fraction of sp³-hybridized carbons (Fsp3) is 1.00. The first kappa shape index (κ1) is 17.9. The molecule has 0 aromatic heterocycles. The topological polar surface area (TPSA) is 0 Å². The van der Waals surface area contributed by atoms with Crippen molar-refractivity contribution in [1.82, 2.24) is 0 Å². The van der Waals surface area contributed by atoms with E-state index < -0.39 is 0 Å². The molecule has 17 heavy (non-hydrogen) atoms. The Morgan fingerprint density at radius 2 is 0.824 bits per heavy atom. The van der Waals surface area contributed by atoms with Crippen LogP contribution < -0.4 is 0 Å². The first-order valence-electron chi connectivity index (χ1n) is 8.41. The van der Waals surface area contributed by atoms with Crippen LogP contribution in [0.5, 0.6) is 0 Å². The van der Waals surface area contributed by atoms with Crippen molar-refractivity contribution in [3.63, 3.8) is 0 Å². The van der Waals surface area contributed by atoms with Gasteiger partial charge in [-0.3, -0.25) is 0 Å². The molecule has 0 spiro atoms. The van der Waals surface area contributed by atoms with Crippen molar-refractivity contribution in [2.24, 2.45) is 0 Å². The Labute approximate surface area is 123 Å². The second-order valence-corrected chi connectivity index (χ2v) is 13.8. The zero-order valence-electron chi connectivity index (χ0n) is 12.6. The minimum absolute atomic E-state index is 0.361. The second kappa shape index (κ2) is 16.9. The number of rotatable bonds is 14. The predicted molar refractivity (Wildman–Crippen MR) is 76.4 cm³/mol. The third-order valence-electron chi connectivity index (χ3n) is 3.71. The Kier molecular flexibility index (Phi) is 17.9. The van der Waals surface area contributed by atoms with E-state index in [0.29, 0.717) is 0 Å². The van der Waals surface area contributed by atoms with Crippen LogP contribution in [0.3, 0.4) is 0 Å². The van der Waals surface area contributed by atoms with Crippen molar-refractivity contribution in [3.8, 4) is 0 Å². The van der Waals surface area contributed by atoms with Gasteiger partial charge in [-0.1, -0.05) is 0 Å². The van der Waals surface area contributed by atoms with Crippen LogP contribution in [0, 0.1) is 0 Å². The van der Waals surface area contributed by atoms with E-state index in [1.54, 1.807) is 20.7 Å². The molecule has 0 nitrogen and oxygen atoms in total. The Morgan fingerprint density at radius 1 is 0.471 bits per heavy atom. The molecule has 0 rings (SSSR count). The molecule has 0 unspecified atom stereocenters. The van der Waals surface area contributed by atoms with Crippen LogP contribution in [0.2, 0.25) is 7.86 Å².